The van der Waals surface area contributed by atoms with Gasteiger partial charge in [0.2, 0.25) is 0 Å². The second-order valence-corrected chi connectivity index (χ2v) is 6.12. The Kier molecular flexibility index (Phi) is 5.29. The molecule has 1 atom stereocenters. The number of anilines is 3. The van der Waals surface area contributed by atoms with Crippen LogP contribution in [-0.4, -0.2) is 16.5 Å². The Labute approximate surface area is 149 Å². The molecule has 0 radical (unpaired) electrons. The Morgan fingerprint density at radius 3 is 2.52 bits per heavy atom. The van der Waals surface area contributed by atoms with Crippen LogP contribution in [0.15, 0.2) is 67.0 Å². The summed E-state index contributed by atoms with van der Waals surface area (Å²) in [4.78, 5) is 11.0. The molecular weight excluding hydrogens is 308 g/mol. The van der Waals surface area contributed by atoms with Crippen LogP contribution in [0.3, 0.4) is 0 Å². The van der Waals surface area contributed by atoms with Crippen LogP contribution >= 0.6 is 0 Å². The van der Waals surface area contributed by atoms with Gasteiger partial charge in [0.05, 0.1) is 0 Å². The molecule has 1 aromatic heterocycles. The lowest BCUT2D eigenvalue weighted by atomic mass is 10.1. The summed E-state index contributed by atoms with van der Waals surface area (Å²) in [5.41, 5.74) is 3.61. The fraction of sp³-hybridized carbons (Fsp3) is 0.238. The largest absolute Gasteiger partial charge is 0.363 e. The van der Waals surface area contributed by atoms with Gasteiger partial charge < -0.3 is 10.2 Å². The number of nitrogens with one attached hydrogen (secondary N) is 1. The zero-order chi connectivity index (χ0) is 17.6. The summed E-state index contributed by atoms with van der Waals surface area (Å²) in [6.07, 6.45) is 1.62. The van der Waals surface area contributed by atoms with Crippen molar-refractivity contribution in [1.82, 2.24) is 9.97 Å². The molecule has 0 aliphatic rings. The van der Waals surface area contributed by atoms with Crippen molar-refractivity contribution in [2.45, 2.75) is 26.8 Å². The standard InChI is InChI=1S/C21H24N4/c1-4-25(19-12-8-9-16(2)13-19)21-14-20(22-15-23-21)24-17(3)18-10-6-5-7-11-18/h5-15,17H,4H2,1-3H3,(H,22,23,24). The van der Waals surface area contributed by atoms with Gasteiger partial charge in [0.15, 0.2) is 0 Å². The van der Waals surface area contributed by atoms with Crippen molar-refractivity contribution < 1.29 is 0 Å². The van der Waals surface area contributed by atoms with Gasteiger partial charge >= 0.3 is 0 Å². The molecule has 4 nitrogen and oxygen atoms in total. The van der Waals surface area contributed by atoms with Gasteiger partial charge in [-0.15, -0.1) is 0 Å². The van der Waals surface area contributed by atoms with E-state index in [9.17, 15) is 0 Å². The van der Waals surface area contributed by atoms with Gasteiger partial charge in [-0.3, -0.25) is 0 Å². The van der Waals surface area contributed by atoms with Crippen LogP contribution in [0.25, 0.3) is 0 Å². The highest BCUT2D eigenvalue weighted by Gasteiger charge is 2.11. The third kappa shape index (κ3) is 4.15. The lowest BCUT2D eigenvalue weighted by molar-refractivity contribution is 0.869. The van der Waals surface area contributed by atoms with Gasteiger partial charge in [-0.05, 0) is 44.0 Å². The summed E-state index contributed by atoms with van der Waals surface area (Å²) in [6, 6.07) is 21.0. The molecule has 0 saturated carbocycles. The highest BCUT2D eigenvalue weighted by Crippen LogP contribution is 2.26. The number of nitrogens with zero attached hydrogens (tertiary/aromatic N) is 3. The van der Waals surface area contributed by atoms with Crippen molar-refractivity contribution in [3.8, 4) is 0 Å². The van der Waals surface area contributed by atoms with Gasteiger partial charge in [-0.1, -0.05) is 42.5 Å². The number of benzene rings is 2. The maximum atomic E-state index is 4.47. The first-order chi connectivity index (χ1) is 12.2. The smallest absolute Gasteiger partial charge is 0.138 e. The summed E-state index contributed by atoms with van der Waals surface area (Å²) in [5, 5.41) is 3.46. The van der Waals surface area contributed by atoms with E-state index in [1.54, 1.807) is 6.33 Å². The normalized spacial score (nSPS) is 11.8. The van der Waals surface area contributed by atoms with E-state index in [0.29, 0.717) is 0 Å². The number of aromatic nitrogens is 2. The van der Waals surface area contributed by atoms with Crippen LogP contribution in [0.1, 0.15) is 31.0 Å². The summed E-state index contributed by atoms with van der Waals surface area (Å²) < 4.78 is 0. The molecule has 4 heteroatoms. The van der Waals surface area contributed by atoms with Crippen molar-refractivity contribution in [2.75, 3.05) is 16.8 Å². The second-order valence-electron chi connectivity index (χ2n) is 6.12. The molecule has 1 N–H and O–H groups in total. The van der Waals surface area contributed by atoms with Crippen LogP contribution in [0.5, 0.6) is 0 Å². The van der Waals surface area contributed by atoms with Gasteiger partial charge in [0.25, 0.3) is 0 Å². The average molecular weight is 332 g/mol. The predicted octanol–water partition coefficient (Wildman–Crippen LogP) is 5.12. The van der Waals surface area contributed by atoms with E-state index in [1.807, 2.05) is 12.1 Å². The SMILES string of the molecule is CCN(c1cccc(C)c1)c1cc(NC(C)c2ccccc2)ncn1. The van der Waals surface area contributed by atoms with Crippen LogP contribution in [0.2, 0.25) is 0 Å². The van der Waals surface area contributed by atoms with Gasteiger partial charge in [-0.2, -0.15) is 0 Å². The van der Waals surface area contributed by atoms with Crippen molar-refractivity contribution in [3.63, 3.8) is 0 Å². The maximum absolute atomic E-state index is 4.47. The van der Waals surface area contributed by atoms with Gasteiger partial charge in [0, 0.05) is 24.3 Å². The second kappa shape index (κ2) is 7.79. The third-order valence-corrected chi connectivity index (χ3v) is 4.22. The molecule has 1 unspecified atom stereocenters. The Balaban J connectivity index is 1.83. The monoisotopic (exact) mass is 332 g/mol. The lowest BCUT2D eigenvalue weighted by Gasteiger charge is -2.23. The number of hydrogen-bond acceptors (Lipinski definition) is 4. The van der Waals surface area contributed by atoms with Gasteiger partial charge in [0.1, 0.15) is 18.0 Å². The zero-order valence-corrected chi connectivity index (χ0v) is 15.0. The molecule has 0 spiro atoms. The van der Waals surface area contributed by atoms with Crippen molar-refractivity contribution in [2.24, 2.45) is 0 Å². The molecule has 1 heterocycles. The average Bonchev–Trinajstić information content (AvgIpc) is 2.63. The van der Waals surface area contributed by atoms with E-state index in [4.69, 9.17) is 0 Å². The fourth-order valence-electron chi connectivity index (χ4n) is 2.89. The first-order valence-electron chi connectivity index (χ1n) is 8.65. The maximum Gasteiger partial charge on any atom is 0.138 e. The van der Waals surface area contributed by atoms with Crippen molar-refractivity contribution >= 4 is 17.3 Å². The van der Waals surface area contributed by atoms with Crippen LogP contribution < -0.4 is 10.2 Å². The molecule has 128 valence electrons. The molecule has 2 aromatic carbocycles. The molecule has 3 rings (SSSR count). The molecule has 0 amide bonds. The van der Waals surface area contributed by atoms with E-state index in [2.05, 4.69) is 89.5 Å². The quantitative estimate of drug-likeness (QED) is 0.680. The Morgan fingerprint density at radius 2 is 1.80 bits per heavy atom. The summed E-state index contributed by atoms with van der Waals surface area (Å²) >= 11 is 0. The number of aryl methyl sites for hydroxylation is 1. The van der Waals surface area contributed by atoms with Gasteiger partial charge in [-0.25, -0.2) is 9.97 Å². The molecule has 0 bridgehead atoms. The van der Waals surface area contributed by atoms with Crippen molar-refractivity contribution in [3.05, 3.63) is 78.1 Å². The minimum Gasteiger partial charge on any atom is -0.363 e. The minimum absolute atomic E-state index is 0.179. The topological polar surface area (TPSA) is 41.0 Å². The lowest BCUT2D eigenvalue weighted by Crippen LogP contribution is -2.18. The highest BCUT2D eigenvalue weighted by molar-refractivity contribution is 5.63. The van der Waals surface area contributed by atoms with Crippen LogP contribution in [-0.2, 0) is 0 Å². The summed E-state index contributed by atoms with van der Waals surface area (Å²) in [5.74, 6) is 1.72. The molecule has 0 saturated heterocycles. The molecule has 0 aliphatic heterocycles. The van der Waals surface area contributed by atoms with Crippen molar-refractivity contribution in [1.29, 1.82) is 0 Å². The first kappa shape index (κ1) is 17.0. The molecular formula is C21H24N4. The van der Waals surface area contributed by atoms with E-state index in [0.717, 1.165) is 23.9 Å². The highest BCUT2D eigenvalue weighted by atomic mass is 15.2. The fourth-order valence-corrected chi connectivity index (χ4v) is 2.89. The Hall–Kier alpha value is -2.88. The van der Waals surface area contributed by atoms with E-state index in [1.165, 1.54) is 11.1 Å². The third-order valence-electron chi connectivity index (χ3n) is 4.22. The minimum atomic E-state index is 0.179. The van der Waals surface area contributed by atoms with E-state index in [-0.39, 0.29) is 6.04 Å². The summed E-state index contributed by atoms with van der Waals surface area (Å²) in [6.45, 7) is 7.21. The molecule has 25 heavy (non-hydrogen) atoms. The van der Waals surface area contributed by atoms with E-state index >= 15 is 0 Å². The molecule has 0 fully saturated rings. The summed E-state index contributed by atoms with van der Waals surface area (Å²) in [7, 11) is 0. The zero-order valence-electron chi connectivity index (χ0n) is 15.0. The molecule has 0 aliphatic carbocycles. The van der Waals surface area contributed by atoms with Crippen LogP contribution in [0.4, 0.5) is 17.3 Å². The van der Waals surface area contributed by atoms with E-state index < -0.39 is 0 Å². The molecule has 3 aromatic rings. The Morgan fingerprint density at radius 1 is 1.00 bits per heavy atom. The predicted molar refractivity (Wildman–Crippen MR) is 104 cm³/mol. The first-order valence-corrected chi connectivity index (χ1v) is 8.65. The number of hydrogen-bond donors (Lipinski definition) is 1. The number of rotatable bonds is 6. The Bertz CT molecular complexity index is 817. The van der Waals surface area contributed by atoms with Crippen LogP contribution in [0, 0.1) is 6.92 Å².